The van der Waals surface area contributed by atoms with Crippen LogP contribution in [0.15, 0.2) is 48.5 Å². The van der Waals surface area contributed by atoms with Crippen LogP contribution in [0, 0.1) is 5.92 Å². The molecule has 4 nitrogen and oxygen atoms in total. The predicted molar refractivity (Wildman–Crippen MR) is 107 cm³/mol. The average Bonchev–Trinajstić information content (AvgIpc) is 2.55. The van der Waals surface area contributed by atoms with Gasteiger partial charge in [0.05, 0.1) is 6.61 Å². The fourth-order valence-electron chi connectivity index (χ4n) is 2.02. The molecule has 2 N–H and O–H groups in total. The zero-order chi connectivity index (χ0) is 18.2. The number of carbonyl (C=O) groups excluding carboxylic acids is 1. The van der Waals surface area contributed by atoms with Crippen LogP contribution in [-0.4, -0.2) is 17.6 Å². The largest absolute Gasteiger partial charge is 0.494 e. The summed E-state index contributed by atoms with van der Waals surface area (Å²) in [5.74, 6) is 1.06. The molecule has 0 aliphatic rings. The van der Waals surface area contributed by atoms with Crippen molar-refractivity contribution in [1.29, 1.82) is 0 Å². The molecule has 0 heterocycles. The van der Waals surface area contributed by atoms with Crippen LogP contribution in [0.2, 0.25) is 5.02 Å². The van der Waals surface area contributed by atoms with Crippen LogP contribution in [0.5, 0.6) is 5.75 Å². The van der Waals surface area contributed by atoms with Gasteiger partial charge in [-0.05, 0) is 61.0 Å². The Hall–Kier alpha value is -2.11. The zero-order valence-electron chi connectivity index (χ0n) is 14.2. The van der Waals surface area contributed by atoms with Gasteiger partial charge < -0.3 is 10.1 Å². The lowest BCUT2D eigenvalue weighted by molar-refractivity contribution is 0.0978. The van der Waals surface area contributed by atoms with Crippen molar-refractivity contribution in [2.75, 3.05) is 11.9 Å². The van der Waals surface area contributed by atoms with Gasteiger partial charge in [0.25, 0.3) is 5.91 Å². The molecule has 0 unspecified atom stereocenters. The molecule has 0 saturated carbocycles. The van der Waals surface area contributed by atoms with E-state index in [0.29, 0.717) is 23.1 Å². The molecule has 0 aromatic heterocycles. The Kier molecular flexibility index (Phi) is 7.22. The summed E-state index contributed by atoms with van der Waals surface area (Å²) in [5.41, 5.74) is 1.24. The van der Waals surface area contributed by atoms with Gasteiger partial charge >= 0.3 is 0 Å². The Balaban J connectivity index is 1.89. The molecule has 2 aromatic carbocycles. The van der Waals surface area contributed by atoms with E-state index in [0.717, 1.165) is 17.9 Å². The molecule has 0 fully saturated rings. The van der Waals surface area contributed by atoms with Crippen molar-refractivity contribution >= 4 is 40.5 Å². The fraction of sp³-hybridized carbons (Fsp3) is 0.263. The van der Waals surface area contributed by atoms with Gasteiger partial charge in [0, 0.05) is 22.3 Å². The molecule has 132 valence electrons. The number of carbonyl (C=O) groups is 1. The van der Waals surface area contributed by atoms with Gasteiger partial charge in [0.1, 0.15) is 5.75 Å². The number of rotatable bonds is 6. The Morgan fingerprint density at radius 2 is 1.92 bits per heavy atom. The summed E-state index contributed by atoms with van der Waals surface area (Å²) >= 11 is 11.0. The number of hydrogen-bond acceptors (Lipinski definition) is 3. The van der Waals surface area contributed by atoms with Crippen LogP contribution in [0.1, 0.15) is 30.6 Å². The van der Waals surface area contributed by atoms with Crippen LogP contribution < -0.4 is 15.4 Å². The third kappa shape index (κ3) is 6.72. The second kappa shape index (κ2) is 9.39. The van der Waals surface area contributed by atoms with Gasteiger partial charge in [0.15, 0.2) is 5.11 Å². The first-order valence-electron chi connectivity index (χ1n) is 8.05. The normalized spacial score (nSPS) is 10.4. The minimum atomic E-state index is -0.293. The van der Waals surface area contributed by atoms with Gasteiger partial charge in [-0.25, -0.2) is 0 Å². The number of thiocarbonyl (C=S) groups is 1. The van der Waals surface area contributed by atoms with Crippen molar-refractivity contribution in [1.82, 2.24) is 5.32 Å². The summed E-state index contributed by atoms with van der Waals surface area (Å²) in [4.78, 5) is 12.1. The van der Waals surface area contributed by atoms with Gasteiger partial charge in [-0.3, -0.25) is 10.1 Å². The van der Waals surface area contributed by atoms with Crippen molar-refractivity contribution in [3.8, 4) is 5.75 Å². The number of halogens is 1. The minimum absolute atomic E-state index is 0.222. The second-order valence-corrected chi connectivity index (χ2v) is 6.82. The standard InChI is InChI=1S/C19H21ClN2O2S/c1-13(2)10-11-24-17-5-3-4-16(12-17)21-19(25)22-18(23)14-6-8-15(20)9-7-14/h3-9,12-13H,10-11H2,1-2H3,(H2,21,22,23,25). The molecule has 0 atom stereocenters. The summed E-state index contributed by atoms with van der Waals surface area (Å²) in [6.07, 6.45) is 0.993. The van der Waals surface area contributed by atoms with Crippen LogP contribution in [0.4, 0.5) is 5.69 Å². The SMILES string of the molecule is CC(C)CCOc1cccc(NC(=S)NC(=O)c2ccc(Cl)cc2)c1. The van der Waals surface area contributed by atoms with Crippen LogP contribution in [0.25, 0.3) is 0 Å². The zero-order valence-corrected chi connectivity index (χ0v) is 15.8. The third-order valence-corrected chi connectivity index (χ3v) is 3.85. The molecule has 2 rings (SSSR count). The second-order valence-electron chi connectivity index (χ2n) is 5.97. The molecule has 0 saturated heterocycles. The number of benzene rings is 2. The first-order chi connectivity index (χ1) is 11.9. The summed E-state index contributed by atoms with van der Waals surface area (Å²) in [6, 6.07) is 14.1. The lowest BCUT2D eigenvalue weighted by atomic mass is 10.1. The number of hydrogen-bond donors (Lipinski definition) is 2. The quantitative estimate of drug-likeness (QED) is 0.704. The lowest BCUT2D eigenvalue weighted by Gasteiger charge is -2.12. The maximum Gasteiger partial charge on any atom is 0.257 e. The van der Waals surface area contributed by atoms with Gasteiger partial charge in [0.2, 0.25) is 0 Å². The molecule has 2 aromatic rings. The molecule has 0 bridgehead atoms. The van der Waals surface area contributed by atoms with Crippen molar-refractivity contribution < 1.29 is 9.53 Å². The molecule has 25 heavy (non-hydrogen) atoms. The van der Waals surface area contributed by atoms with E-state index in [4.69, 9.17) is 28.6 Å². The minimum Gasteiger partial charge on any atom is -0.494 e. The number of ether oxygens (including phenoxy) is 1. The maximum absolute atomic E-state index is 12.1. The van der Waals surface area contributed by atoms with E-state index in [1.807, 2.05) is 24.3 Å². The van der Waals surface area contributed by atoms with Crippen molar-refractivity contribution in [2.45, 2.75) is 20.3 Å². The van der Waals surface area contributed by atoms with E-state index in [-0.39, 0.29) is 11.0 Å². The Bertz CT molecular complexity index is 732. The Morgan fingerprint density at radius 1 is 1.20 bits per heavy atom. The van der Waals surface area contributed by atoms with Gasteiger partial charge in [-0.2, -0.15) is 0 Å². The predicted octanol–water partition coefficient (Wildman–Crippen LogP) is 4.89. The van der Waals surface area contributed by atoms with E-state index >= 15 is 0 Å². The van der Waals surface area contributed by atoms with Gasteiger partial charge in [-0.1, -0.05) is 31.5 Å². The molecule has 1 amide bonds. The van der Waals surface area contributed by atoms with Crippen molar-refractivity contribution in [3.63, 3.8) is 0 Å². The first kappa shape index (κ1) is 19.2. The highest BCUT2D eigenvalue weighted by atomic mass is 35.5. The van der Waals surface area contributed by atoms with E-state index in [1.165, 1.54) is 0 Å². The summed E-state index contributed by atoms with van der Waals surface area (Å²) in [7, 11) is 0. The van der Waals surface area contributed by atoms with Crippen LogP contribution >= 0.6 is 23.8 Å². The topological polar surface area (TPSA) is 50.4 Å². The highest BCUT2D eigenvalue weighted by Crippen LogP contribution is 2.18. The average molecular weight is 377 g/mol. The van der Waals surface area contributed by atoms with Gasteiger partial charge in [-0.15, -0.1) is 0 Å². The maximum atomic E-state index is 12.1. The number of nitrogens with one attached hydrogen (secondary N) is 2. The lowest BCUT2D eigenvalue weighted by Crippen LogP contribution is -2.34. The number of amides is 1. The smallest absolute Gasteiger partial charge is 0.257 e. The van der Waals surface area contributed by atoms with E-state index in [2.05, 4.69) is 24.5 Å². The van der Waals surface area contributed by atoms with E-state index in [9.17, 15) is 4.79 Å². The van der Waals surface area contributed by atoms with Crippen LogP contribution in [-0.2, 0) is 0 Å². The monoisotopic (exact) mass is 376 g/mol. The molecule has 0 aliphatic heterocycles. The van der Waals surface area contributed by atoms with E-state index < -0.39 is 0 Å². The molecular formula is C19H21ClN2O2S. The highest BCUT2D eigenvalue weighted by molar-refractivity contribution is 7.80. The molecule has 6 heteroatoms. The first-order valence-corrected chi connectivity index (χ1v) is 8.83. The highest BCUT2D eigenvalue weighted by Gasteiger charge is 2.08. The summed E-state index contributed by atoms with van der Waals surface area (Å²) in [5, 5.41) is 6.42. The summed E-state index contributed by atoms with van der Waals surface area (Å²) < 4.78 is 5.72. The van der Waals surface area contributed by atoms with Crippen LogP contribution in [0.3, 0.4) is 0 Å². The third-order valence-electron chi connectivity index (χ3n) is 3.39. The van der Waals surface area contributed by atoms with Crippen molar-refractivity contribution in [2.24, 2.45) is 5.92 Å². The fourth-order valence-corrected chi connectivity index (χ4v) is 2.35. The Morgan fingerprint density at radius 3 is 2.60 bits per heavy atom. The molecule has 0 aliphatic carbocycles. The molecule has 0 radical (unpaired) electrons. The molecule has 0 spiro atoms. The molecular weight excluding hydrogens is 356 g/mol. The Labute approximate surface area is 158 Å². The number of anilines is 1. The summed E-state index contributed by atoms with van der Waals surface area (Å²) in [6.45, 7) is 4.98. The van der Waals surface area contributed by atoms with Crippen molar-refractivity contribution in [3.05, 3.63) is 59.1 Å². The van der Waals surface area contributed by atoms with E-state index in [1.54, 1.807) is 24.3 Å².